The molecule has 1 aliphatic rings. The van der Waals surface area contributed by atoms with Crippen molar-refractivity contribution in [3.8, 4) is 0 Å². The summed E-state index contributed by atoms with van der Waals surface area (Å²) in [6.07, 6.45) is 0. The molecule has 0 aromatic rings. The molecular formula is C11H22N2O3S. The summed E-state index contributed by atoms with van der Waals surface area (Å²) >= 11 is 0. The van der Waals surface area contributed by atoms with Crippen molar-refractivity contribution in [3.63, 3.8) is 0 Å². The van der Waals surface area contributed by atoms with Crippen LogP contribution in [-0.2, 0) is 15.5 Å². The molecule has 6 heteroatoms. The van der Waals surface area contributed by atoms with Gasteiger partial charge in [0.15, 0.2) is 0 Å². The van der Waals surface area contributed by atoms with Gasteiger partial charge in [-0.25, -0.2) is 4.79 Å². The van der Waals surface area contributed by atoms with Crippen molar-refractivity contribution in [2.75, 3.05) is 38.6 Å². The molecule has 17 heavy (non-hydrogen) atoms. The van der Waals surface area contributed by atoms with Crippen molar-refractivity contribution < 1.29 is 13.7 Å². The van der Waals surface area contributed by atoms with Crippen LogP contribution in [0.15, 0.2) is 0 Å². The van der Waals surface area contributed by atoms with Crippen LogP contribution in [0.25, 0.3) is 0 Å². The van der Waals surface area contributed by atoms with Gasteiger partial charge in [-0.15, -0.1) is 0 Å². The van der Waals surface area contributed by atoms with E-state index in [9.17, 15) is 9.00 Å². The molecule has 1 fully saturated rings. The highest BCUT2D eigenvalue weighted by Crippen LogP contribution is 2.10. The summed E-state index contributed by atoms with van der Waals surface area (Å²) in [5.41, 5.74) is 0. The van der Waals surface area contributed by atoms with E-state index in [0.29, 0.717) is 38.6 Å². The number of hydrogen-bond acceptors (Lipinski definition) is 3. The lowest BCUT2D eigenvalue weighted by Gasteiger charge is -2.27. The quantitative estimate of drug-likeness (QED) is 0.809. The molecule has 2 amide bonds. The Kier molecular flexibility index (Phi) is 5.39. The Labute approximate surface area is 105 Å². The predicted octanol–water partition coefficient (Wildman–Crippen LogP) is 0.575. The zero-order chi connectivity index (χ0) is 12.9. The molecule has 0 saturated carbocycles. The Balaban J connectivity index is 2.22. The molecule has 1 heterocycles. The van der Waals surface area contributed by atoms with Crippen molar-refractivity contribution in [3.05, 3.63) is 0 Å². The average molecular weight is 262 g/mol. The lowest BCUT2D eigenvalue weighted by atomic mass is 10.3. The summed E-state index contributed by atoms with van der Waals surface area (Å²) < 4.78 is 16.7. The first-order chi connectivity index (χ1) is 7.91. The molecule has 0 aromatic heterocycles. The van der Waals surface area contributed by atoms with Crippen LogP contribution in [0.2, 0.25) is 0 Å². The zero-order valence-electron chi connectivity index (χ0n) is 10.8. The Bertz CT molecular complexity index is 283. The Morgan fingerprint density at radius 1 is 1.35 bits per heavy atom. The van der Waals surface area contributed by atoms with Crippen LogP contribution in [0.3, 0.4) is 0 Å². The van der Waals surface area contributed by atoms with Gasteiger partial charge in [0.25, 0.3) is 0 Å². The van der Waals surface area contributed by atoms with Crippen molar-refractivity contribution in [2.45, 2.75) is 25.5 Å². The fraction of sp³-hybridized carbons (Fsp3) is 0.909. The largest absolute Gasteiger partial charge is 0.378 e. The minimum absolute atomic E-state index is 0.0841. The number of amides is 2. The van der Waals surface area contributed by atoms with Gasteiger partial charge < -0.3 is 15.0 Å². The molecule has 100 valence electrons. The number of nitrogens with zero attached hydrogens (tertiary/aromatic N) is 1. The molecule has 0 bridgehead atoms. The van der Waals surface area contributed by atoms with Crippen molar-refractivity contribution in [2.24, 2.45) is 0 Å². The highest BCUT2D eigenvalue weighted by Gasteiger charge is 2.20. The number of rotatable bonds is 3. The van der Waals surface area contributed by atoms with Gasteiger partial charge in [-0.3, -0.25) is 4.21 Å². The van der Waals surface area contributed by atoms with Crippen LogP contribution in [0, 0.1) is 0 Å². The topological polar surface area (TPSA) is 58.6 Å². The summed E-state index contributed by atoms with van der Waals surface area (Å²) in [4.78, 5) is 13.4. The SMILES string of the molecule is CC(C)(C)[S@](=O)CCNC(=O)N1CCOCC1. The van der Waals surface area contributed by atoms with E-state index < -0.39 is 10.8 Å². The van der Waals surface area contributed by atoms with E-state index in [4.69, 9.17) is 4.74 Å². The molecule has 1 atom stereocenters. The van der Waals surface area contributed by atoms with Gasteiger partial charge in [0.05, 0.1) is 13.2 Å². The molecule has 5 nitrogen and oxygen atoms in total. The second-order valence-corrected chi connectivity index (χ2v) is 7.32. The first kappa shape index (κ1) is 14.4. The monoisotopic (exact) mass is 262 g/mol. The highest BCUT2D eigenvalue weighted by atomic mass is 32.2. The molecule has 1 rings (SSSR count). The third-order valence-electron chi connectivity index (χ3n) is 2.54. The van der Waals surface area contributed by atoms with Crippen molar-refractivity contribution in [1.29, 1.82) is 0 Å². The number of morpholine rings is 1. The van der Waals surface area contributed by atoms with Gasteiger partial charge in [-0.1, -0.05) is 0 Å². The predicted molar refractivity (Wildman–Crippen MR) is 68.6 cm³/mol. The lowest BCUT2D eigenvalue weighted by Crippen LogP contribution is -2.47. The van der Waals surface area contributed by atoms with Gasteiger partial charge >= 0.3 is 6.03 Å². The van der Waals surface area contributed by atoms with E-state index in [-0.39, 0.29) is 10.8 Å². The Hall–Kier alpha value is -0.620. The summed E-state index contributed by atoms with van der Waals surface area (Å²) in [5, 5.41) is 2.79. The maximum atomic E-state index is 11.7. The summed E-state index contributed by atoms with van der Waals surface area (Å²) in [6.45, 7) is 8.73. The maximum Gasteiger partial charge on any atom is 0.317 e. The van der Waals surface area contributed by atoms with Gasteiger partial charge in [0, 0.05) is 40.9 Å². The van der Waals surface area contributed by atoms with Crippen LogP contribution in [0.5, 0.6) is 0 Å². The van der Waals surface area contributed by atoms with Gasteiger partial charge in [-0.05, 0) is 20.8 Å². The van der Waals surface area contributed by atoms with E-state index in [2.05, 4.69) is 5.32 Å². The fourth-order valence-electron chi connectivity index (χ4n) is 1.44. The summed E-state index contributed by atoms with van der Waals surface area (Å²) in [7, 11) is -0.917. The van der Waals surface area contributed by atoms with Crippen molar-refractivity contribution >= 4 is 16.8 Å². The smallest absolute Gasteiger partial charge is 0.317 e. The third kappa shape index (κ3) is 5.04. The van der Waals surface area contributed by atoms with Gasteiger partial charge in [-0.2, -0.15) is 0 Å². The van der Waals surface area contributed by atoms with Crippen molar-refractivity contribution in [1.82, 2.24) is 10.2 Å². The van der Waals surface area contributed by atoms with Crippen LogP contribution < -0.4 is 5.32 Å². The molecule has 0 spiro atoms. The molecule has 1 saturated heterocycles. The van der Waals surface area contributed by atoms with E-state index >= 15 is 0 Å². The van der Waals surface area contributed by atoms with Gasteiger partial charge in [0.2, 0.25) is 0 Å². The normalized spacial score (nSPS) is 18.9. The van der Waals surface area contributed by atoms with Crippen LogP contribution >= 0.6 is 0 Å². The Morgan fingerprint density at radius 2 is 1.94 bits per heavy atom. The number of carbonyl (C=O) groups is 1. The molecule has 0 unspecified atom stereocenters. The van der Waals surface area contributed by atoms with E-state index in [1.807, 2.05) is 20.8 Å². The molecule has 0 aliphatic carbocycles. The van der Waals surface area contributed by atoms with Crippen LogP contribution in [-0.4, -0.2) is 58.5 Å². The van der Waals surface area contributed by atoms with Crippen LogP contribution in [0.1, 0.15) is 20.8 Å². The second kappa shape index (κ2) is 6.35. The molecule has 1 N–H and O–H groups in total. The molecule has 1 aliphatic heterocycles. The molecular weight excluding hydrogens is 240 g/mol. The standard InChI is InChI=1S/C11H22N2O3S/c1-11(2,3)17(15)9-4-12-10(14)13-5-7-16-8-6-13/h4-9H2,1-3H3,(H,12,14)/t17-/m1/s1. The number of carbonyl (C=O) groups excluding carboxylic acids is 1. The number of urea groups is 1. The third-order valence-corrected chi connectivity index (χ3v) is 4.49. The summed E-state index contributed by atoms with van der Waals surface area (Å²) in [6, 6.07) is -0.0841. The first-order valence-electron chi connectivity index (χ1n) is 5.90. The zero-order valence-corrected chi connectivity index (χ0v) is 11.6. The van der Waals surface area contributed by atoms with E-state index in [1.165, 1.54) is 0 Å². The highest BCUT2D eigenvalue weighted by molar-refractivity contribution is 7.86. The number of nitrogens with one attached hydrogen (secondary N) is 1. The number of ether oxygens (including phenoxy) is 1. The average Bonchev–Trinajstić information content (AvgIpc) is 2.28. The maximum absolute atomic E-state index is 11.7. The minimum atomic E-state index is -0.917. The van der Waals surface area contributed by atoms with Gasteiger partial charge in [0.1, 0.15) is 0 Å². The molecule has 0 radical (unpaired) electrons. The molecule has 0 aromatic carbocycles. The van der Waals surface area contributed by atoms with Crippen LogP contribution in [0.4, 0.5) is 4.79 Å². The number of hydrogen-bond donors (Lipinski definition) is 1. The second-order valence-electron chi connectivity index (χ2n) is 4.99. The van der Waals surface area contributed by atoms with E-state index in [0.717, 1.165) is 0 Å². The minimum Gasteiger partial charge on any atom is -0.378 e. The fourth-order valence-corrected chi connectivity index (χ4v) is 2.33. The Morgan fingerprint density at radius 3 is 2.47 bits per heavy atom. The summed E-state index contributed by atoms with van der Waals surface area (Å²) in [5.74, 6) is 0.500. The lowest BCUT2D eigenvalue weighted by molar-refractivity contribution is 0.0533. The first-order valence-corrected chi connectivity index (χ1v) is 7.22. The van der Waals surface area contributed by atoms with E-state index in [1.54, 1.807) is 4.90 Å².